The normalized spacial score (nSPS) is 11.7. The number of likely N-dealkylation sites (N-methyl/N-ethyl adjacent to an activating group) is 1. The number of hydrogen-bond donors (Lipinski definition) is 1. The Morgan fingerprint density at radius 3 is 2.29 bits per heavy atom. The molecule has 184 valence electrons. The molecule has 0 spiro atoms. The van der Waals surface area contributed by atoms with E-state index in [1.807, 2.05) is 37.3 Å². The molecule has 4 nitrogen and oxygen atoms in total. The highest BCUT2D eigenvalue weighted by Crippen LogP contribution is 2.28. The van der Waals surface area contributed by atoms with Crippen LogP contribution in [0.25, 0.3) is 0 Å². The summed E-state index contributed by atoms with van der Waals surface area (Å²) in [6.07, 6.45) is 0.313. The topological polar surface area (TPSA) is 49.4 Å². The van der Waals surface area contributed by atoms with Crippen molar-refractivity contribution in [2.45, 2.75) is 31.7 Å². The molecule has 0 saturated carbocycles. The molecule has 0 fully saturated rings. The third-order valence-electron chi connectivity index (χ3n) is 5.45. The molecule has 3 aromatic carbocycles. The zero-order chi connectivity index (χ0) is 25.2. The molecule has 0 radical (unpaired) electrons. The molecule has 3 rings (SSSR count). The molecule has 8 heteroatoms. The van der Waals surface area contributed by atoms with Crippen molar-refractivity contribution in [3.05, 3.63) is 105 Å². The second-order valence-corrected chi connectivity index (χ2v) is 9.71. The summed E-state index contributed by atoms with van der Waals surface area (Å²) in [5, 5.41) is 3.89. The number of carbonyl (C=O) groups is 2. The van der Waals surface area contributed by atoms with Crippen LogP contribution in [0.5, 0.6) is 0 Å². The van der Waals surface area contributed by atoms with E-state index < -0.39 is 11.9 Å². The number of benzene rings is 3. The van der Waals surface area contributed by atoms with E-state index in [-0.39, 0.29) is 24.1 Å². The minimum absolute atomic E-state index is 0.0203. The zero-order valence-electron chi connectivity index (χ0n) is 19.3. The van der Waals surface area contributed by atoms with Crippen molar-refractivity contribution in [2.24, 2.45) is 0 Å². The maximum absolute atomic E-state index is 14.5. The van der Waals surface area contributed by atoms with Crippen molar-refractivity contribution < 1.29 is 14.0 Å². The van der Waals surface area contributed by atoms with Gasteiger partial charge in [0, 0.05) is 40.9 Å². The molecule has 0 bridgehead atoms. The molecule has 35 heavy (non-hydrogen) atoms. The smallest absolute Gasteiger partial charge is 0.243 e. The average molecular weight is 533 g/mol. The molecule has 0 unspecified atom stereocenters. The van der Waals surface area contributed by atoms with Gasteiger partial charge in [-0.25, -0.2) is 4.39 Å². The van der Waals surface area contributed by atoms with Gasteiger partial charge in [-0.3, -0.25) is 9.59 Å². The molecule has 0 aliphatic carbocycles. The van der Waals surface area contributed by atoms with Gasteiger partial charge in [-0.1, -0.05) is 77.8 Å². The predicted octanol–water partition coefficient (Wildman–Crippen LogP) is 6.14. The number of thioether (sulfide) groups is 1. The van der Waals surface area contributed by atoms with E-state index in [9.17, 15) is 14.0 Å². The first-order valence-corrected chi connectivity index (χ1v) is 13.2. The molecular formula is C27H27Cl2FN2O2S. The fraction of sp³-hybridized carbons (Fsp3) is 0.259. The van der Waals surface area contributed by atoms with Gasteiger partial charge in [0.15, 0.2) is 0 Å². The third kappa shape index (κ3) is 7.72. The predicted molar refractivity (Wildman–Crippen MR) is 142 cm³/mol. The van der Waals surface area contributed by atoms with Crippen molar-refractivity contribution in [1.82, 2.24) is 10.2 Å². The maximum Gasteiger partial charge on any atom is 0.243 e. The first-order chi connectivity index (χ1) is 16.9. The average Bonchev–Trinajstić information content (AvgIpc) is 2.85. The summed E-state index contributed by atoms with van der Waals surface area (Å²) < 4.78 is 14.5. The summed E-state index contributed by atoms with van der Waals surface area (Å²) in [6, 6.07) is 20.2. The SMILES string of the molecule is CCNC(=O)[C@@H](Cc1ccccc1)N(Cc1ccccc1F)C(=O)CSCc1c(Cl)cccc1Cl. The van der Waals surface area contributed by atoms with Crippen LogP contribution in [0.2, 0.25) is 10.0 Å². The summed E-state index contributed by atoms with van der Waals surface area (Å²) >= 11 is 13.9. The Morgan fingerprint density at radius 2 is 1.63 bits per heavy atom. The van der Waals surface area contributed by atoms with Gasteiger partial charge in [-0.2, -0.15) is 0 Å². The van der Waals surface area contributed by atoms with E-state index in [2.05, 4.69) is 5.32 Å². The fourth-order valence-corrected chi connectivity index (χ4v) is 5.30. The maximum atomic E-state index is 14.5. The van der Waals surface area contributed by atoms with Crippen molar-refractivity contribution >= 4 is 46.8 Å². The second kappa shape index (κ2) is 13.5. The van der Waals surface area contributed by atoms with E-state index in [1.54, 1.807) is 36.4 Å². The third-order valence-corrected chi connectivity index (χ3v) is 7.11. The number of nitrogens with zero attached hydrogens (tertiary/aromatic N) is 1. The van der Waals surface area contributed by atoms with Gasteiger partial charge in [0.25, 0.3) is 0 Å². The van der Waals surface area contributed by atoms with Gasteiger partial charge in [0.05, 0.1) is 5.75 Å². The molecular weight excluding hydrogens is 506 g/mol. The Kier molecular flexibility index (Phi) is 10.5. The second-order valence-electron chi connectivity index (χ2n) is 7.91. The van der Waals surface area contributed by atoms with Crippen LogP contribution in [0.4, 0.5) is 4.39 Å². The van der Waals surface area contributed by atoms with Gasteiger partial charge in [-0.15, -0.1) is 11.8 Å². The summed E-state index contributed by atoms with van der Waals surface area (Å²) in [7, 11) is 0. The van der Waals surface area contributed by atoms with Crippen LogP contribution in [0.15, 0.2) is 72.8 Å². The summed E-state index contributed by atoms with van der Waals surface area (Å²) in [6.45, 7) is 2.23. The lowest BCUT2D eigenvalue weighted by molar-refractivity contribution is -0.139. The van der Waals surface area contributed by atoms with E-state index in [0.717, 1.165) is 11.1 Å². The van der Waals surface area contributed by atoms with E-state index in [4.69, 9.17) is 23.2 Å². The van der Waals surface area contributed by atoms with Crippen molar-refractivity contribution in [3.8, 4) is 0 Å². The number of rotatable bonds is 11. The van der Waals surface area contributed by atoms with Crippen LogP contribution in [-0.2, 0) is 28.3 Å². The van der Waals surface area contributed by atoms with Crippen LogP contribution in [0.3, 0.4) is 0 Å². The zero-order valence-corrected chi connectivity index (χ0v) is 21.7. The van der Waals surface area contributed by atoms with Gasteiger partial charge in [-0.05, 0) is 36.2 Å². The van der Waals surface area contributed by atoms with Crippen LogP contribution in [0, 0.1) is 5.82 Å². The molecule has 2 amide bonds. The minimum atomic E-state index is -0.797. The standard InChI is InChI=1S/C27H27Cl2FN2O2S/c1-2-31-27(34)25(15-19-9-4-3-5-10-19)32(16-20-11-6-7-14-24(20)30)26(33)18-35-17-21-22(28)12-8-13-23(21)29/h3-14,25H,2,15-18H2,1H3,(H,31,34)/t25-/m1/s1. The Balaban J connectivity index is 1.86. The van der Waals surface area contributed by atoms with Crippen LogP contribution >= 0.6 is 35.0 Å². The van der Waals surface area contributed by atoms with E-state index >= 15 is 0 Å². The van der Waals surface area contributed by atoms with Crippen LogP contribution in [-0.4, -0.2) is 35.1 Å². The highest BCUT2D eigenvalue weighted by Gasteiger charge is 2.30. The van der Waals surface area contributed by atoms with E-state index in [1.165, 1.54) is 22.7 Å². The first kappa shape index (κ1) is 27.1. The van der Waals surface area contributed by atoms with Crippen LogP contribution in [0.1, 0.15) is 23.6 Å². The Bertz CT molecular complexity index is 1130. The van der Waals surface area contributed by atoms with Gasteiger partial charge >= 0.3 is 0 Å². The lowest BCUT2D eigenvalue weighted by Gasteiger charge is -2.31. The number of nitrogens with one attached hydrogen (secondary N) is 1. The first-order valence-electron chi connectivity index (χ1n) is 11.3. The molecule has 0 heterocycles. The van der Waals surface area contributed by atoms with Crippen LogP contribution < -0.4 is 5.32 Å². The molecule has 1 N–H and O–H groups in total. The van der Waals surface area contributed by atoms with Crippen molar-refractivity contribution in [3.63, 3.8) is 0 Å². The molecule has 0 aliphatic rings. The number of halogens is 3. The molecule has 3 aromatic rings. The molecule has 0 saturated heterocycles. The minimum Gasteiger partial charge on any atom is -0.355 e. The number of hydrogen-bond acceptors (Lipinski definition) is 3. The van der Waals surface area contributed by atoms with Crippen molar-refractivity contribution in [2.75, 3.05) is 12.3 Å². The van der Waals surface area contributed by atoms with Gasteiger partial charge in [0.2, 0.25) is 11.8 Å². The number of carbonyl (C=O) groups excluding carboxylic acids is 2. The Hall–Kier alpha value is -2.54. The molecule has 1 atom stereocenters. The fourth-order valence-electron chi connectivity index (χ4n) is 3.65. The number of amides is 2. The molecule has 0 aliphatic heterocycles. The lowest BCUT2D eigenvalue weighted by atomic mass is 10.0. The summed E-state index contributed by atoms with van der Waals surface area (Å²) in [5.41, 5.74) is 2.01. The lowest BCUT2D eigenvalue weighted by Crippen LogP contribution is -2.51. The summed E-state index contributed by atoms with van der Waals surface area (Å²) in [4.78, 5) is 28.1. The van der Waals surface area contributed by atoms with Crippen molar-refractivity contribution in [1.29, 1.82) is 0 Å². The summed E-state index contributed by atoms with van der Waals surface area (Å²) in [5.74, 6) is -0.452. The highest BCUT2D eigenvalue weighted by atomic mass is 35.5. The van der Waals surface area contributed by atoms with E-state index in [0.29, 0.717) is 34.3 Å². The highest BCUT2D eigenvalue weighted by molar-refractivity contribution is 7.99. The van der Waals surface area contributed by atoms with Gasteiger partial charge in [0.1, 0.15) is 11.9 Å². The quantitative estimate of drug-likeness (QED) is 0.322. The Labute approximate surface area is 219 Å². The largest absolute Gasteiger partial charge is 0.355 e. The molecule has 0 aromatic heterocycles. The van der Waals surface area contributed by atoms with Gasteiger partial charge < -0.3 is 10.2 Å². The Morgan fingerprint density at radius 1 is 0.971 bits per heavy atom. The monoisotopic (exact) mass is 532 g/mol.